The van der Waals surface area contributed by atoms with Crippen molar-refractivity contribution in [1.82, 2.24) is 4.98 Å². The van der Waals surface area contributed by atoms with Gasteiger partial charge in [0.2, 0.25) is 0 Å². The Hall–Kier alpha value is -2.17. The van der Waals surface area contributed by atoms with Crippen molar-refractivity contribution >= 4 is 22.3 Å². The molecule has 82 valence electrons. The van der Waals surface area contributed by atoms with Crippen molar-refractivity contribution in [3.63, 3.8) is 0 Å². The van der Waals surface area contributed by atoms with Crippen LogP contribution in [0.3, 0.4) is 0 Å². The Kier molecular flexibility index (Phi) is 2.23. The van der Waals surface area contributed by atoms with Crippen molar-refractivity contribution in [2.24, 2.45) is 0 Å². The summed E-state index contributed by atoms with van der Waals surface area (Å²) in [5, 5.41) is 11.5. The molecule has 5 nitrogen and oxygen atoms in total. The molecule has 0 bridgehead atoms. The van der Waals surface area contributed by atoms with Crippen LogP contribution in [0.2, 0.25) is 0 Å². The van der Waals surface area contributed by atoms with Gasteiger partial charge in [0.25, 0.3) is 5.69 Å². The Balaban J connectivity index is 2.98. The number of nitrogen functional groups attached to an aromatic ring is 1. The minimum Gasteiger partial charge on any atom is -0.398 e. The summed E-state index contributed by atoms with van der Waals surface area (Å²) in [6, 6.07) is 3.18. The lowest BCUT2D eigenvalue weighted by Gasteiger charge is -2.07. The summed E-state index contributed by atoms with van der Waals surface area (Å²) in [6.07, 6.45) is 1.61. The zero-order chi connectivity index (χ0) is 11.9. The topological polar surface area (TPSA) is 82.0 Å². The fourth-order valence-corrected chi connectivity index (χ4v) is 1.87. The number of nitro benzene ring substituents is 1. The van der Waals surface area contributed by atoms with Gasteiger partial charge in [-0.05, 0) is 25.5 Å². The largest absolute Gasteiger partial charge is 0.398 e. The molecule has 0 aliphatic heterocycles. The molecule has 0 fully saturated rings. The number of nitro groups is 1. The predicted molar refractivity (Wildman–Crippen MR) is 62.3 cm³/mol. The lowest BCUT2D eigenvalue weighted by molar-refractivity contribution is -0.385. The number of rotatable bonds is 1. The molecule has 0 spiro atoms. The van der Waals surface area contributed by atoms with E-state index in [1.807, 2.05) is 0 Å². The van der Waals surface area contributed by atoms with E-state index in [4.69, 9.17) is 5.73 Å². The average molecular weight is 217 g/mol. The van der Waals surface area contributed by atoms with E-state index in [9.17, 15) is 10.1 Å². The highest BCUT2D eigenvalue weighted by atomic mass is 16.6. The monoisotopic (exact) mass is 217 g/mol. The first-order valence-electron chi connectivity index (χ1n) is 4.81. The van der Waals surface area contributed by atoms with Crippen LogP contribution in [-0.4, -0.2) is 9.91 Å². The molecule has 2 aromatic rings. The lowest BCUT2D eigenvalue weighted by Crippen LogP contribution is -1.98. The van der Waals surface area contributed by atoms with E-state index in [2.05, 4.69) is 4.98 Å². The number of aryl methyl sites for hydroxylation is 2. The molecular formula is C11H11N3O2. The third kappa shape index (κ3) is 1.37. The molecule has 0 unspecified atom stereocenters. The number of benzene rings is 1. The number of fused-ring (bicyclic) bond motifs is 1. The fourth-order valence-electron chi connectivity index (χ4n) is 1.87. The highest BCUT2D eigenvalue weighted by Gasteiger charge is 2.17. The van der Waals surface area contributed by atoms with Gasteiger partial charge in [-0.2, -0.15) is 0 Å². The number of pyridine rings is 1. The van der Waals surface area contributed by atoms with Crippen LogP contribution in [0, 0.1) is 24.0 Å². The molecule has 1 aromatic carbocycles. The van der Waals surface area contributed by atoms with Crippen LogP contribution in [-0.2, 0) is 0 Å². The molecule has 2 rings (SSSR count). The maximum atomic E-state index is 10.9. The number of nitrogens with two attached hydrogens (primary N) is 1. The maximum absolute atomic E-state index is 10.9. The molecule has 16 heavy (non-hydrogen) atoms. The van der Waals surface area contributed by atoms with Crippen molar-refractivity contribution in [2.45, 2.75) is 13.8 Å². The second-order valence-corrected chi connectivity index (χ2v) is 3.72. The number of aromatic nitrogens is 1. The van der Waals surface area contributed by atoms with E-state index in [1.54, 1.807) is 26.1 Å². The molecule has 0 amide bonds. The molecule has 0 aliphatic rings. The van der Waals surface area contributed by atoms with Crippen molar-refractivity contribution in [1.29, 1.82) is 0 Å². The summed E-state index contributed by atoms with van der Waals surface area (Å²) in [5.41, 5.74) is 8.50. The summed E-state index contributed by atoms with van der Waals surface area (Å²) in [4.78, 5) is 14.7. The standard InChI is InChI=1S/C11H11N3O2/c1-6-5-9(14(15)16)7(2)10-8(12)3-4-13-11(6)10/h3-5H,1-2H3,(H2,12,13). The third-order valence-electron chi connectivity index (χ3n) is 2.67. The Labute approximate surface area is 92.1 Å². The molecule has 5 heteroatoms. The summed E-state index contributed by atoms with van der Waals surface area (Å²) in [5.74, 6) is 0. The molecule has 0 saturated carbocycles. The Morgan fingerprint density at radius 2 is 2.12 bits per heavy atom. The van der Waals surface area contributed by atoms with Crippen LogP contribution >= 0.6 is 0 Å². The lowest BCUT2D eigenvalue weighted by atomic mass is 10.0. The van der Waals surface area contributed by atoms with Crippen molar-refractivity contribution in [2.75, 3.05) is 5.73 Å². The molecule has 0 atom stereocenters. The summed E-state index contributed by atoms with van der Waals surface area (Å²) in [7, 11) is 0. The van der Waals surface area contributed by atoms with Crippen LogP contribution < -0.4 is 5.73 Å². The average Bonchev–Trinajstić information content (AvgIpc) is 2.22. The Morgan fingerprint density at radius 1 is 1.44 bits per heavy atom. The first kappa shape index (κ1) is 10.4. The Bertz CT molecular complexity index is 593. The third-order valence-corrected chi connectivity index (χ3v) is 2.67. The van der Waals surface area contributed by atoms with Gasteiger partial charge in [0, 0.05) is 28.9 Å². The molecule has 0 aliphatic carbocycles. The number of anilines is 1. The van der Waals surface area contributed by atoms with E-state index in [-0.39, 0.29) is 5.69 Å². The fraction of sp³-hybridized carbons (Fsp3) is 0.182. The van der Waals surface area contributed by atoms with Crippen LogP contribution in [0.5, 0.6) is 0 Å². The maximum Gasteiger partial charge on any atom is 0.273 e. The van der Waals surface area contributed by atoms with Gasteiger partial charge in [0.15, 0.2) is 0 Å². The van der Waals surface area contributed by atoms with Gasteiger partial charge in [-0.25, -0.2) is 0 Å². The van der Waals surface area contributed by atoms with Gasteiger partial charge in [-0.3, -0.25) is 15.1 Å². The molecular weight excluding hydrogens is 206 g/mol. The van der Waals surface area contributed by atoms with E-state index < -0.39 is 4.92 Å². The molecule has 0 radical (unpaired) electrons. The quantitative estimate of drug-likeness (QED) is 0.587. The first-order chi connectivity index (χ1) is 7.52. The highest BCUT2D eigenvalue weighted by Crippen LogP contribution is 2.32. The molecule has 1 heterocycles. The van der Waals surface area contributed by atoms with E-state index in [0.717, 1.165) is 11.1 Å². The Morgan fingerprint density at radius 3 is 2.75 bits per heavy atom. The van der Waals surface area contributed by atoms with Crippen molar-refractivity contribution in [3.8, 4) is 0 Å². The number of hydrogen-bond donors (Lipinski definition) is 1. The van der Waals surface area contributed by atoms with Crippen LogP contribution in [0.4, 0.5) is 11.4 Å². The van der Waals surface area contributed by atoms with Gasteiger partial charge in [0.05, 0.1) is 10.4 Å². The van der Waals surface area contributed by atoms with Crippen molar-refractivity contribution < 1.29 is 4.92 Å². The summed E-state index contributed by atoms with van der Waals surface area (Å²) < 4.78 is 0. The van der Waals surface area contributed by atoms with E-state index in [0.29, 0.717) is 16.6 Å². The van der Waals surface area contributed by atoms with Crippen LogP contribution in [0.25, 0.3) is 10.9 Å². The van der Waals surface area contributed by atoms with Gasteiger partial charge >= 0.3 is 0 Å². The smallest absolute Gasteiger partial charge is 0.273 e. The normalized spacial score (nSPS) is 10.6. The van der Waals surface area contributed by atoms with Gasteiger partial charge in [-0.1, -0.05) is 0 Å². The number of hydrogen-bond acceptors (Lipinski definition) is 4. The minimum atomic E-state index is -0.395. The summed E-state index contributed by atoms with van der Waals surface area (Å²) >= 11 is 0. The van der Waals surface area contributed by atoms with Gasteiger partial charge < -0.3 is 5.73 Å². The first-order valence-corrected chi connectivity index (χ1v) is 4.81. The minimum absolute atomic E-state index is 0.0877. The van der Waals surface area contributed by atoms with Gasteiger partial charge in [0.1, 0.15) is 0 Å². The zero-order valence-corrected chi connectivity index (χ0v) is 9.02. The van der Waals surface area contributed by atoms with Crippen LogP contribution in [0.1, 0.15) is 11.1 Å². The van der Waals surface area contributed by atoms with Gasteiger partial charge in [-0.15, -0.1) is 0 Å². The number of nitrogens with zero attached hydrogens (tertiary/aromatic N) is 2. The second-order valence-electron chi connectivity index (χ2n) is 3.72. The molecule has 2 N–H and O–H groups in total. The second kappa shape index (κ2) is 3.44. The highest BCUT2D eigenvalue weighted by molar-refractivity contribution is 5.96. The predicted octanol–water partition coefficient (Wildman–Crippen LogP) is 2.34. The van der Waals surface area contributed by atoms with Crippen molar-refractivity contribution in [3.05, 3.63) is 39.6 Å². The SMILES string of the molecule is Cc1cc([N+](=O)[O-])c(C)c2c(N)ccnc12. The van der Waals surface area contributed by atoms with Crippen LogP contribution in [0.15, 0.2) is 18.3 Å². The molecule has 1 aromatic heterocycles. The van der Waals surface area contributed by atoms with E-state index in [1.165, 1.54) is 6.07 Å². The summed E-state index contributed by atoms with van der Waals surface area (Å²) in [6.45, 7) is 3.49. The zero-order valence-electron chi connectivity index (χ0n) is 9.02. The molecule has 0 saturated heterocycles. The van der Waals surface area contributed by atoms with E-state index >= 15 is 0 Å².